The fourth-order valence-corrected chi connectivity index (χ4v) is 2.35. The zero-order valence-electron chi connectivity index (χ0n) is 10.7. The average Bonchev–Trinajstić information content (AvgIpc) is 2.52. The molecular formula is C12H23F2N3. The molecule has 100 valence electrons. The Morgan fingerprint density at radius 1 is 1.53 bits per heavy atom. The van der Waals surface area contributed by atoms with Crippen molar-refractivity contribution in [3.8, 4) is 0 Å². The molecule has 0 heterocycles. The van der Waals surface area contributed by atoms with Gasteiger partial charge in [-0.05, 0) is 26.2 Å². The minimum atomic E-state index is -2.46. The molecule has 1 aliphatic rings. The highest BCUT2D eigenvalue weighted by atomic mass is 19.3. The molecule has 0 aromatic carbocycles. The van der Waals surface area contributed by atoms with Gasteiger partial charge < -0.3 is 10.6 Å². The van der Waals surface area contributed by atoms with Gasteiger partial charge in [-0.25, -0.2) is 8.78 Å². The Hall–Kier alpha value is -0.710. The first-order chi connectivity index (χ1) is 7.80. The molecule has 1 aliphatic carbocycles. The summed E-state index contributed by atoms with van der Waals surface area (Å²) in [6.45, 7) is 5.48. The Morgan fingerprint density at radius 2 is 2.18 bits per heavy atom. The lowest BCUT2D eigenvalue weighted by atomic mass is 10.1. The molecule has 1 saturated carbocycles. The molecule has 0 aromatic heterocycles. The van der Waals surface area contributed by atoms with Gasteiger partial charge in [0.15, 0.2) is 0 Å². The summed E-state index contributed by atoms with van der Waals surface area (Å²) in [6, 6.07) is 0.309. The second-order valence-corrected chi connectivity index (χ2v) is 5.33. The van der Waals surface area contributed by atoms with Crippen LogP contribution in [0.3, 0.4) is 0 Å². The third-order valence-electron chi connectivity index (χ3n) is 3.40. The van der Waals surface area contributed by atoms with E-state index in [1.807, 2.05) is 13.8 Å². The van der Waals surface area contributed by atoms with Crippen molar-refractivity contribution in [2.45, 2.75) is 51.5 Å². The Balaban J connectivity index is 2.42. The molecule has 0 aliphatic heterocycles. The first kappa shape index (κ1) is 14.4. The molecule has 0 aromatic rings. The topological polar surface area (TPSA) is 53.1 Å². The molecule has 5 heteroatoms. The second kappa shape index (κ2) is 5.76. The van der Waals surface area contributed by atoms with Crippen LogP contribution in [0.15, 0.2) is 0 Å². The van der Waals surface area contributed by atoms with E-state index in [-0.39, 0.29) is 24.6 Å². The van der Waals surface area contributed by atoms with Crippen LogP contribution < -0.4 is 5.73 Å². The Bertz CT molecular complexity index is 266. The fourth-order valence-electron chi connectivity index (χ4n) is 2.35. The summed E-state index contributed by atoms with van der Waals surface area (Å²) in [5.41, 5.74) is 5.33. The molecule has 1 fully saturated rings. The molecule has 0 amide bonds. The molecule has 3 nitrogen and oxygen atoms in total. The van der Waals surface area contributed by atoms with E-state index in [1.54, 1.807) is 0 Å². The molecule has 1 rings (SSSR count). The van der Waals surface area contributed by atoms with E-state index in [9.17, 15) is 8.78 Å². The Morgan fingerprint density at radius 3 is 2.59 bits per heavy atom. The lowest BCUT2D eigenvalue weighted by molar-refractivity contribution is 0.00293. The van der Waals surface area contributed by atoms with Crippen molar-refractivity contribution in [2.75, 3.05) is 13.1 Å². The first-order valence-electron chi connectivity index (χ1n) is 6.25. The van der Waals surface area contributed by atoms with Gasteiger partial charge in [-0.15, -0.1) is 0 Å². The number of halogens is 2. The SMILES string of the molecule is CC(C)N(CCC(=N)N)CC1CCC(F)(F)C1. The minimum absolute atomic E-state index is 0.0102. The smallest absolute Gasteiger partial charge is 0.248 e. The van der Waals surface area contributed by atoms with Crippen LogP contribution in [-0.4, -0.2) is 35.8 Å². The van der Waals surface area contributed by atoms with Gasteiger partial charge in [0, 0.05) is 38.4 Å². The second-order valence-electron chi connectivity index (χ2n) is 5.33. The van der Waals surface area contributed by atoms with Crippen LogP contribution in [0.1, 0.15) is 39.5 Å². The summed E-state index contributed by atoms with van der Waals surface area (Å²) in [5.74, 6) is -2.22. The summed E-state index contributed by atoms with van der Waals surface area (Å²) >= 11 is 0. The standard InChI is InChI=1S/C12H23F2N3/c1-9(2)17(6-4-11(15)16)8-10-3-5-12(13,14)7-10/h9-10H,3-8H2,1-2H3,(H3,15,16). The summed E-state index contributed by atoms with van der Waals surface area (Å²) < 4.78 is 26.2. The predicted molar refractivity (Wildman–Crippen MR) is 65.5 cm³/mol. The number of nitrogens with zero attached hydrogens (tertiary/aromatic N) is 1. The van der Waals surface area contributed by atoms with Gasteiger partial charge in [0.1, 0.15) is 0 Å². The summed E-state index contributed by atoms with van der Waals surface area (Å²) in [4.78, 5) is 2.15. The van der Waals surface area contributed by atoms with Gasteiger partial charge >= 0.3 is 0 Å². The van der Waals surface area contributed by atoms with Gasteiger partial charge in [-0.3, -0.25) is 5.41 Å². The van der Waals surface area contributed by atoms with Crippen LogP contribution in [0.4, 0.5) is 8.78 Å². The van der Waals surface area contributed by atoms with Crippen LogP contribution in [0.2, 0.25) is 0 Å². The third kappa shape index (κ3) is 4.98. The van der Waals surface area contributed by atoms with E-state index in [1.165, 1.54) is 0 Å². The molecule has 0 radical (unpaired) electrons. The predicted octanol–water partition coefficient (Wildman–Crippen LogP) is 2.46. The molecule has 3 N–H and O–H groups in total. The highest BCUT2D eigenvalue weighted by Crippen LogP contribution is 2.39. The Kier molecular flexibility index (Phi) is 4.86. The van der Waals surface area contributed by atoms with Crippen molar-refractivity contribution in [3.05, 3.63) is 0 Å². The average molecular weight is 247 g/mol. The van der Waals surface area contributed by atoms with Crippen LogP contribution in [0.25, 0.3) is 0 Å². The highest BCUT2D eigenvalue weighted by Gasteiger charge is 2.39. The highest BCUT2D eigenvalue weighted by molar-refractivity contribution is 5.76. The zero-order valence-corrected chi connectivity index (χ0v) is 10.7. The van der Waals surface area contributed by atoms with Crippen LogP contribution in [0, 0.1) is 11.3 Å². The number of nitrogens with one attached hydrogen (secondary N) is 1. The summed E-state index contributed by atoms with van der Waals surface area (Å²) in [5, 5.41) is 7.21. The van der Waals surface area contributed by atoms with E-state index < -0.39 is 5.92 Å². The van der Waals surface area contributed by atoms with Crippen LogP contribution in [-0.2, 0) is 0 Å². The lowest BCUT2D eigenvalue weighted by Gasteiger charge is -2.29. The molecule has 0 bridgehead atoms. The van der Waals surface area contributed by atoms with Crippen molar-refractivity contribution >= 4 is 5.84 Å². The number of rotatable bonds is 6. The molecular weight excluding hydrogens is 224 g/mol. The largest absolute Gasteiger partial charge is 0.388 e. The molecule has 17 heavy (non-hydrogen) atoms. The number of hydrogen-bond donors (Lipinski definition) is 2. The van der Waals surface area contributed by atoms with Crippen LogP contribution >= 0.6 is 0 Å². The molecule has 1 unspecified atom stereocenters. The van der Waals surface area contributed by atoms with Gasteiger partial charge in [-0.2, -0.15) is 0 Å². The van der Waals surface area contributed by atoms with Gasteiger partial charge in [-0.1, -0.05) is 0 Å². The third-order valence-corrected chi connectivity index (χ3v) is 3.40. The Labute approximate surface area is 102 Å². The van der Waals surface area contributed by atoms with E-state index >= 15 is 0 Å². The maximum atomic E-state index is 13.1. The van der Waals surface area contributed by atoms with Crippen molar-refractivity contribution < 1.29 is 8.78 Å². The number of amidine groups is 1. The number of hydrogen-bond acceptors (Lipinski definition) is 2. The maximum absolute atomic E-state index is 13.1. The number of nitrogens with two attached hydrogens (primary N) is 1. The van der Waals surface area contributed by atoms with Gasteiger partial charge in [0.05, 0.1) is 5.84 Å². The van der Waals surface area contributed by atoms with Gasteiger partial charge in [0.2, 0.25) is 5.92 Å². The fraction of sp³-hybridized carbons (Fsp3) is 0.917. The minimum Gasteiger partial charge on any atom is -0.388 e. The van der Waals surface area contributed by atoms with Gasteiger partial charge in [0.25, 0.3) is 0 Å². The molecule has 0 saturated heterocycles. The van der Waals surface area contributed by atoms with Crippen molar-refractivity contribution in [1.82, 2.24) is 4.90 Å². The summed E-state index contributed by atoms with van der Waals surface area (Å²) in [6.07, 6.45) is 1.16. The van der Waals surface area contributed by atoms with Crippen LogP contribution in [0.5, 0.6) is 0 Å². The monoisotopic (exact) mass is 247 g/mol. The van der Waals surface area contributed by atoms with E-state index in [2.05, 4.69) is 4.90 Å². The van der Waals surface area contributed by atoms with E-state index in [4.69, 9.17) is 11.1 Å². The first-order valence-corrected chi connectivity index (χ1v) is 6.25. The van der Waals surface area contributed by atoms with Crippen molar-refractivity contribution in [3.63, 3.8) is 0 Å². The lowest BCUT2D eigenvalue weighted by Crippen LogP contribution is -2.37. The quantitative estimate of drug-likeness (QED) is 0.559. The van der Waals surface area contributed by atoms with Crippen molar-refractivity contribution in [2.24, 2.45) is 11.7 Å². The number of alkyl halides is 2. The maximum Gasteiger partial charge on any atom is 0.248 e. The normalized spacial score (nSPS) is 23.5. The molecule has 0 spiro atoms. The van der Waals surface area contributed by atoms with E-state index in [0.717, 1.165) is 0 Å². The van der Waals surface area contributed by atoms with Crippen molar-refractivity contribution in [1.29, 1.82) is 5.41 Å². The molecule has 1 atom stereocenters. The zero-order chi connectivity index (χ0) is 13.1. The summed E-state index contributed by atoms with van der Waals surface area (Å²) in [7, 11) is 0. The van der Waals surface area contributed by atoms with E-state index in [0.29, 0.717) is 32.0 Å².